The Morgan fingerprint density at radius 1 is 1.06 bits per heavy atom. The summed E-state index contributed by atoms with van der Waals surface area (Å²) in [5.41, 5.74) is 3.74. The summed E-state index contributed by atoms with van der Waals surface area (Å²) in [6.45, 7) is 9.96. The van der Waals surface area contributed by atoms with Crippen LogP contribution in [-0.4, -0.2) is 42.0 Å². The van der Waals surface area contributed by atoms with Crippen molar-refractivity contribution in [3.8, 4) is 11.3 Å². The molecule has 0 radical (unpaired) electrons. The lowest BCUT2D eigenvalue weighted by molar-refractivity contribution is 0.0985. The SMILES string of the molecule is CCN(CC)CCCN(C(=O)c1cccc(Cl)c1)c1nc(-c2ccc(C)cc2)cs1.Cl. The van der Waals surface area contributed by atoms with Crippen LogP contribution < -0.4 is 4.90 Å². The van der Waals surface area contributed by atoms with E-state index in [0.717, 1.165) is 42.4 Å². The van der Waals surface area contributed by atoms with Crippen molar-refractivity contribution in [2.45, 2.75) is 27.2 Å². The Hall–Kier alpha value is -1.92. The normalized spacial score (nSPS) is 10.7. The zero-order valence-corrected chi connectivity index (χ0v) is 20.6. The molecule has 166 valence electrons. The summed E-state index contributed by atoms with van der Waals surface area (Å²) in [4.78, 5) is 22.3. The molecule has 0 aliphatic rings. The zero-order valence-electron chi connectivity index (χ0n) is 18.2. The van der Waals surface area contributed by atoms with Gasteiger partial charge >= 0.3 is 0 Å². The number of amides is 1. The molecule has 0 bridgehead atoms. The Balaban J connectivity index is 0.00000341. The van der Waals surface area contributed by atoms with Gasteiger partial charge in [0.1, 0.15) is 0 Å². The van der Waals surface area contributed by atoms with E-state index in [1.54, 1.807) is 23.1 Å². The van der Waals surface area contributed by atoms with Gasteiger partial charge in [-0.1, -0.05) is 61.3 Å². The van der Waals surface area contributed by atoms with E-state index in [1.807, 2.05) is 11.4 Å². The first-order chi connectivity index (χ1) is 14.5. The number of benzene rings is 2. The van der Waals surface area contributed by atoms with Crippen LogP contribution >= 0.6 is 35.3 Å². The highest BCUT2D eigenvalue weighted by molar-refractivity contribution is 7.14. The molecule has 3 aromatic rings. The molecule has 0 spiro atoms. The fourth-order valence-corrected chi connectivity index (χ4v) is 4.35. The topological polar surface area (TPSA) is 36.4 Å². The molecule has 3 rings (SSSR count). The summed E-state index contributed by atoms with van der Waals surface area (Å²) >= 11 is 7.63. The van der Waals surface area contributed by atoms with Crippen LogP contribution in [0.2, 0.25) is 5.02 Å². The molecular formula is C24H29Cl2N3OS. The predicted octanol–water partition coefficient (Wildman–Crippen LogP) is 6.57. The Labute approximate surface area is 200 Å². The van der Waals surface area contributed by atoms with Crippen molar-refractivity contribution in [2.75, 3.05) is 31.1 Å². The lowest BCUT2D eigenvalue weighted by atomic mass is 10.1. The van der Waals surface area contributed by atoms with Crippen LogP contribution in [0.5, 0.6) is 0 Å². The predicted molar refractivity (Wildman–Crippen MR) is 135 cm³/mol. The van der Waals surface area contributed by atoms with E-state index in [2.05, 4.69) is 49.9 Å². The molecule has 0 N–H and O–H groups in total. The molecule has 1 amide bonds. The molecule has 0 unspecified atom stereocenters. The van der Waals surface area contributed by atoms with Gasteiger partial charge in [-0.15, -0.1) is 23.7 Å². The number of carbonyl (C=O) groups is 1. The quantitative estimate of drug-likeness (QED) is 0.349. The van der Waals surface area contributed by atoms with Crippen molar-refractivity contribution in [2.24, 2.45) is 0 Å². The Morgan fingerprint density at radius 3 is 2.42 bits per heavy atom. The summed E-state index contributed by atoms with van der Waals surface area (Å²) in [5, 5.41) is 3.29. The minimum Gasteiger partial charge on any atom is -0.304 e. The second-order valence-corrected chi connectivity index (χ2v) is 8.50. The van der Waals surface area contributed by atoms with Gasteiger partial charge in [-0.3, -0.25) is 9.69 Å². The van der Waals surface area contributed by atoms with E-state index in [4.69, 9.17) is 16.6 Å². The van der Waals surface area contributed by atoms with Crippen LogP contribution in [0, 0.1) is 6.92 Å². The van der Waals surface area contributed by atoms with Gasteiger partial charge in [0.2, 0.25) is 0 Å². The molecule has 0 saturated carbocycles. The molecule has 31 heavy (non-hydrogen) atoms. The van der Waals surface area contributed by atoms with Crippen LogP contribution in [-0.2, 0) is 0 Å². The number of aromatic nitrogens is 1. The number of rotatable bonds is 9. The molecule has 1 aromatic heterocycles. The first-order valence-corrected chi connectivity index (χ1v) is 11.6. The maximum atomic E-state index is 13.3. The van der Waals surface area contributed by atoms with E-state index in [0.29, 0.717) is 17.1 Å². The first-order valence-electron chi connectivity index (χ1n) is 10.3. The van der Waals surface area contributed by atoms with E-state index in [-0.39, 0.29) is 18.3 Å². The molecule has 1 heterocycles. The van der Waals surface area contributed by atoms with Crippen molar-refractivity contribution in [3.05, 3.63) is 70.1 Å². The number of anilines is 1. The summed E-state index contributed by atoms with van der Waals surface area (Å²) in [7, 11) is 0. The van der Waals surface area contributed by atoms with Crippen molar-refractivity contribution in [1.82, 2.24) is 9.88 Å². The average Bonchev–Trinajstić information content (AvgIpc) is 3.24. The number of halogens is 2. The Bertz CT molecular complexity index is 971. The van der Waals surface area contributed by atoms with Crippen molar-refractivity contribution in [3.63, 3.8) is 0 Å². The average molecular weight is 478 g/mol. The van der Waals surface area contributed by atoms with Gasteiger partial charge in [0.15, 0.2) is 5.13 Å². The second-order valence-electron chi connectivity index (χ2n) is 7.23. The van der Waals surface area contributed by atoms with E-state index in [1.165, 1.54) is 16.9 Å². The number of thiazole rings is 1. The smallest absolute Gasteiger partial charge is 0.260 e. The van der Waals surface area contributed by atoms with Gasteiger partial charge in [-0.05, 0) is 51.2 Å². The minimum atomic E-state index is -0.0677. The number of aryl methyl sites for hydroxylation is 1. The number of nitrogens with zero attached hydrogens (tertiary/aromatic N) is 3. The summed E-state index contributed by atoms with van der Waals surface area (Å²) < 4.78 is 0. The molecule has 0 aliphatic heterocycles. The van der Waals surface area contributed by atoms with Crippen LogP contribution in [0.25, 0.3) is 11.3 Å². The molecular weight excluding hydrogens is 449 g/mol. The summed E-state index contributed by atoms with van der Waals surface area (Å²) in [6, 6.07) is 15.4. The molecule has 0 saturated heterocycles. The number of hydrogen-bond acceptors (Lipinski definition) is 4. The standard InChI is InChI=1S/C24H28ClN3OS.ClH/c1-4-27(5-2)14-7-15-28(23(29)20-8-6-9-21(25)16-20)24-26-22(17-30-24)19-12-10-18(3)11-13-19;/h6,8-13,16-17H,4-5,7,14-15H2,1-3H3;1H. The number of carbonyl (C=O) groups excluding carboxylic acids is 1. The lowest BCUT2D eigenvalue weighted by Crippen LogP contribution is -2.34. The highest BCUT2D eigenvalue weighted by Crippen LogP contribution is 2.29. The highest BCUT2D eigenvalue weighted by atomic mass is 35.5. The highest BCUT2D eigenvalue weighted by Gasteiger charge is 2.21. The third-order valence-corrected chi connectivity index (χ3v) is 6.24. The third-order valence-electron chi connectivity index (χ3n) is 5.14. The van der Waals surface area contributed by atoms with E-state index in [9.17, 15) is 4.79 Å². The van der Waals surface area contributed by atoms with Crippen LogP contribution in [0.4, 0.5) is 5.13 Å². The van der Waals surface area contributed by atoms with Gasteiger partial charge < -0.3 is 4.90 Å². The Kier molecular flexibility index (Phi) is 9.97. The van der Waals surface area contributed by atoms with Crippen LogP contribution in [0.3, 0.4) is 0 Å². The zero-order chi connectivity index (χ0) is 21.5. The van der Waals surface area contributed by atoms with Crippen molar-refractivity contribution in [1.29, 1.82) is 0 Å². The first kappa shape index (κ1) is 25.3. The summed E-state index contributed by atoms with van der Waals surface area (Å²) in [6.07, 6.45) is 0.882. The van der Waals surface area contributed by atoms with Crippen molar-refractivity contribution < 1.29 is 4.79 Å². The van der Waals surface area contributed by atoms with Crippen molar-refractivity contribution >= 4 is 46.4 Å². The van der Waals surface area contributed by atoms with Crippen LogP contribution in [0.15, 0.2) is 53.9 Å². The molecule has 0 fully saturated rings. The maximum Gasteiger partial charge on any atom is 0.260 e. The fourth-order valence-electron chi connectivity index (χ4n) is 3.30. The third kappa shape index (κ3) is 6.78. The monoisotopic (exact) mass is 477 g/mol. The summed E-state index contributed by atoms with van der Waals surface area (Å²) in [5.74, 6) is -0.0677. The van der Waals surface area contributed by atoms with Gasteiger partial charge in [0, 0.05) is 28.1 Å². The molecule has 2 aromatic carbocycles. The molecule has 0 atom stereocenters. The van der Waals surface area contributed by atoms with Gasteiger partial charge in [0.05, 0.1) is 5.69 Å². The molecule has 0 aliphatic carbocycles. The molecule has 7 heteroatoms. The Morgan fingerprint density at radius 2 is 1.77 bits per heavy atom. The van der Waals surface area contributed by atoms with Gasteiger partial charge in [0.25, 0.3) is 5.91 Å². The van der Waals surface area contributed by atoms with Gasteiger partial charge in [-0.25, -0.2) is 4.98 Å². The minimum absolute atomic E-state index is 0. The van der Waals surface area contributed by atoms with Gasteiger partial charge in [-0.2, -0.15) is 0 Å². The second kappa shape index (κ2) is 12.2. The van der Waals surface area contributed by atoms with E-state index < -0.39 is 0 Å². The number of hydrogen-bond donors (Lipinski definition) is 0. The largest absolute Gasteiger partial charge is 0.304 e. The maximum absolute atomic E-state index is 13.3. The lowest BCUT2D eigenvalue weighted by Gasteiger charge is -2.23. The fraction of sp³-hybridized carbons (Fsp3) is 0.333. The van der Waals surface area contributed by atoms with Crippen LogP contribution in [0.1, 0.15) is 36.2 Å². The van der Waals surface area contributed by atoms with E-state index >= 15 is 0 Å². The molecule has 4 nitrogen and oxygen atoms in total.